The molecule has 1 heterocycles. The van der Waals surface area contributed by atoms with Gasteiger partial charge >= 0.3 is 0 Å². The van der Waals surface area contributed by atoms with Gasteiger partial charge in [-0.05, 0) is 59.5 Å². The normalized spacial score (nSPS) is 14.7. The molecule has 0 radical (unpaired) electrons. The number of nitrogens with zero attached hydrogens (tertiary/aromatic N) is 1. The lowest BCUT2D eigenvalue weighted by Gasteiger charge is -2.14. The highest BCUT2D eigenvalue weighted by molar-refractivity contribution is 8.26. The highest BCUT2D eigenvalue weighted by Gasteiger charge is 2.31. The standard InChI is InChI=1S/C27H26N2O3S2/c1-32-23-14-10-19(11-15-23)17-24-26(31)29(27(33)34-24)16-6-2-3-9-25(30)28-22-13-12-20-7-4-5-8-21(20)18-22/h4-5,7-8,10-15,17-18H,2-3,6,9,16H2,1H3,(H,28,30)/b24-17-. The molecule has 0 aromatic heterocycles. The summed E-state index contributed by atoms with van der Waals surface area (Å²) in [6, 6.07) is 21.5. The van der Waals surface area contributed by atoms with E-state index in [0.717, 1.165) is 47.0 Å². The van der Waals surface area contributed by atoms with Gasteiger partial charge in [-0.2, -0.15) is 0 Å². The first-order valence-corrected chi connectivity index (χ1v) is 12.4. The Balaban J connectivity index is 1.20. The molecule has 0 spiro atoms. The minimum atomic E-state index is -0.0557. The SMILES string of the molecule is COc1ccc(/C=C2\SC(=S)N(CCCCCC(=O)Nc3ccc4ccccc4c3)C2=O)cc1. The van der Waals surface area contributed by atoms with E-state index in [0.29, 0.717) is 22.2 Å². The van der Waals surface area contributed by atoms with Crippen molar-refractivity contribution < 1.29 is 14.3 Å². The highest BCUT2D eigenvalue weighted by Crippen LogP contribution is 2.33. The van der Waals surface area contributed by atoms with Gasteiger partial charge in [-0.25, -0.2) is 0 Å². The summed E-state index contributed by atoms with van der Waals surface area (Å²) in [5.74, 6) is 0.721. The van der Waals surface area contributed by atoms with Crippen LogP contribution in [0.4, 0.5) is 5.69 Å². The number of amides is 2. The number of nitrogens with one attached hydrogen (secondary N) is 1. The molecule has 0 atom stereocenters. The maximum atomic E-state index is 12.8. The number of carbonyl (C=O) groups is 2. The number of methoxy groups -OCH3 is 1. The van der Waals surface area contributed by atoms with Crippen molar-refractivity contribution in [3.63, 3.8) is 0 Å². The molecule has 0 unspecified atom stereocenters. The van der Waals surface area contributed by atoms with Crippen molar-refractivity contribution in [2.75, 3.05) is 19.0 Å². The number of rotatable bonds is 9. The van der Waals surface area contributed by atoms with E-state index in [4.69, 9.17) is 17.0 Å². The number of anilines is 1. The Kier molecular flexibility index (Phi) is 7.98. The third-order valence-corrected chi connectivity index (χ3v) is 6.98. The molecule has 0 saturated carbocycles. The van der Waals surface area contributed by atoms with Crippen LogP contribution < -0.4 is 10.1 Å². The van der Waals surface area contributed by atoms with Crippen LogP contribution in [0.2, 0.25) is 0 Å². The van der Waals surface area contributed by atoms with Crippen LogP contribution in [0.25, 0.3) is 16.8 Å². The Labute approximate surface area is 209 Å². The Morgan fingerprint density at radius 3 is 2.56 bits per heavy atom. The summed E-state index contributed by atoms with van der Waals surface area (Å²) in [7, 11) is 1.62. The molecule has 34 heavy (non-hydrogen) atoms. The van der Waals surface area contributed by atoms with Crippen molar-refractivity contribution >= 4 is 62.7 Å². The molecular formula is C27H26N2O3S2. The predicted molar refractivity (Wildman–Crippen MR) is 144 cm³/mol. The fourth-order valence-electron chi connectivity index (χ4n) is 3.77. The van der Waals surface area contributed by atoms with Gasteiger partial charge in [0.15, 0.2) is 0 Å². The Morgan fingerprint density at radius 2 is 1.79 bits per heavy atom. The van der Waals surface area contributed by atoms with Crippen LogP contribution in [0.15, 0.2) is 71.6 Å². The molecule has 7 heteroatoms. The summed E-state index contributed by atoms with van der Waals surface area (Å²) in [6.45, 7) is 0.566. The average Bonchev–Trinajstić information content (AvgIpc) is 3.11. The van der Waals surface area contributed by atoms with E-state index < -0.39 is 0 Å². The van der Waals surface area contributed by atoms with Crippen molar-refractivity contribution in [1.82, 2.24) is 4.90 Å². The fourth-order valence-corrected chi connectivity index (χ4v) is 5.08. The quantitative estimate of drug-likeness (QED) is 0.218. The predicted octanol–water partition coefficient (Wildman–Crippen LogP) is 6.25. The Morgan fingerprint density at radius 1 is 1.03 bits per heavy atom. The number of ether oxygens (including phenoxy) is 1. The van der Waals surface area contributed by atoms with Gasteiger partial charge in [0.05, 0.1) is 12.0 Å². The first-order valence-electron chi connectivity index (χ1n) is 11.2. The Hall–Kier alpha value is -3.16. The molecule has 2 amide bonds. The molecule has 3 aromatic rings. The number of benzene rings is 3. The van der Waals surface area contributed by atoms with Crippen LogP contribution in [0.5, 0.6) is 5.75 Å². The first-order chi connectivity index (χ1) is 16.5. The summed E-state index contributed by atoms with van der Waals surface area (Å²) in [6.07, 6.45) is 4.71. The molecule has 4 rings (SSSR count). The summed E-state index contributed by atoms with van der Waals surface area (Å²) in [5, 5.41) is 5.22. The summed E-state index contributed by atoms with van der Waals surface area (Å²) in [4.78, 5) is 27.4. The fraction of sp³-hybridized carbons (Fsp3) is 0.222. The zero-order valence-corrected chi connectivity index (χ0v) is 20.6. The second kappa shape index (κ2) is 11.3. The summed E-state index contributed by atoms with van der Waals surface area (Å²) < 4.78 is 5.75. The minimum Gasteiger partial charge on any atom is -0.497 e. The number of thioether (sulfide) groups is 1. The second-order valence-electron chi connectivity index (χ2n) is 8.03. The van der Waals surface area contributed by atoms with Crippen LogP contribution >= 0.6 is 24.0 Å². The van der Waals surface area contributed by atoms with Crippen molar-refractivity contribution in [2.45, 2.75) is 25.7 Å². The molecule has 1 fully saturated rings. The number of hydrogen-bond donors (Lipinski definition) is 1. The lowest BCUT2D eigenvalue weighted by atomic mass is 10.1. The van der Waals surface area contributed by atoms with E-state index in [2.05, 4.69) is 5.32 Å². The van der Waals surface area contributed by atoms with Crippen LogP contribution in [-0.4, -0.2) is 34.7 Å². The van der Waals surface area contributed by atoms with E-state index in [9.17, 15) is 9.59 Å². The van der Waals surface area contributed by atoms with E-state index in [-0.39, 0.29) is 11.8 Å². The number of thiocarbonyl (C=S) groups is 1. The highest BCUT2D eigenvalue weighted by atomic mass is 32.2. The maximum absolute atomic E-state index is 12.8. The van der Waals surface area contributed by atoms with Gasteiger partial charge in [0.1, 0.15) is 10.1 Å². The molecule has 1 N–H and O–H groups in total. The minimum absolute atomic E-state index is 0.00307. The molecule has 0 aliphatic carbocycles. The van der Waals surface area contributed by atoms with Crippen LogP contribution in [-0.2, 0) is 9.59 Å². The molecule has 1 aliphatic rings. The number of fused-ring (bicyclic) bond motifs is 1. The van der Waals surface area contributed by atoms with Gasteiger partial charge in [0.2, 0.25) is 5.91 Å². The van der Waals surface area contributed by atoms with Crippen LogP contribution in [0.1, 0.15) is 31.2 Å². The summed E-state index contributed by atoms with van der Waals surface area (Å²) in [5.41, 5.74) is 1.74. The molecule has 0 bridgehead atoms. The molecule has 5 nitrogen and oxygen atoms in total. The van der Waals surface area contributed by atoms with Gasteiger partial charge in [0.25, 0.3) is 5.91 Å². The second-order valence-corrected chi connectivity index (χ2v) is 9.70. The lowest BCUT2D eigenvalue weighted by molar-refractivity contribution is -0.122. The van der Waals surface area contributed by atoms with E-state index >= 15 is 0 Å². The summed E-state index contributed by atoms with van der Waals surface area (Å²) >= 11 is 6.75. The Bertz CT molecular complexity index is 1240. The number of carbonyl (C=O) groups excluding carboxylic acids is 2. The zero-order chi connectivity index (χ0) is 23.9. The third kappa shape index (κ3) is 6.04. The molecule has 1 saturated heterocycles. The largest absolute Gasteiger partial charge is 0.497 e. The molecular weight excluding hydrogens is 464 g/mol. The lowest BCUT2D eigenvalue weighted by Crippen LogP contribution is -2.29. The smallest absolute Gasteiger partial charge is 0.266 e. The van der Waals surface area contributed by atoms with Crippen molar-refractivity contribution in [3.8, 4) is 5.75 Å². The van der Waals surface area contributed by atoms with E-state index in [1.807, 2.05) is 72.8 Å². The van der Waals surface area contributed by atoms with Gasteiger partial charge in [0, 0.05) is 18.7 Å². The van der Waals surface area contributed by atoms with Crippen molar-refractivity contribution in [2.24, 2.45) is 0 Å². The topological polar surface area (TPSA) is 58.6 Å². The van der Waals surface area contributed by atoms with Gasteiger partial charge < -0.3 is 10.1 Å². The van der Waals surface area contributed by atoms with Crippen LogP contribution in [0, 0.1) is 0 Å². The van der Waals surface area contributed by atoms with Gasteiger partial charge in [-0.1, -0.05) is 72.9 Å². The van der Waals surface area contributed by atoms with Crippen molar-refractivity contribution in [3.05, 3.63) is 77.2 Å². The zero-order valence-electron chi connectivity index (χ0n) is 19.0. The number of hydrogen-bond acceptors (Lipinski definition) is 5. The maximum Gasteiger partial charge on any atom is 0.266 e. The molecule has 174 valence electrons. The van der Waals surface area contributed by atoms with Crippen molar-refractivity contribution in [1.29, 1.82) is 0 Å². The molecule has 1 aliphatic heterocycles. The third-order valence-electron chi connectivity index (χ3n) is 5.61. The van der Waals surface area contributed by atoms with Gasteiger partial charge in [-0.15, -0.1) is 0 Å². The monoisotopic (exact) mass is 490 g/mol. The average molecular weight is 491 g/mol. The first kappa shape index (κ1) is 24.0. The molecule has 3 aromatic carbocycles. The van der Waals surface area contributed by atoms with E-state index in [1.165, 1.54) is 11.8 Å². The number of unbranched alkanes of at least 4 members (excludes halogenated alkanes) is 2. The van der Waals surface area contributed by atoms with Crippen LogP contribution in [0.3, 0.4) is 0 Å². The van der Waals surface area contributed by atoms with Gasteiger partial charge in [-0.3, -0.25) is 14.5 Å². The van der Waals surface area contributed by atoms with E-state index in [1.54, 1.807) is 12.0 Å².